The van der Waals surface area contributed by atoms with Crippen LogP contribution in [0.15, 0.2) is 23.3 Å². The monoisotopic (exact) mass is 378 g/mol. The first-order chi connectivity index (χ1) is 12.7. The van der Waals surface area contributed by atoms with Crippen LogP contribution in [0.4, 0.5) is 0 Å². The molecule has 1 saturated heterocycles. The Balaban J connectivity index is 1.46. The molecule has 0 atom stereocenters. The second-order valence-corrected chi connectivity index (χ2v) is 6.64. The van der Waals surface area contributed by atoms with Crippen LogP contribution in [-0.4, -0.2) is 68.3 Å². The van der Waals surface area contributed by atoms with E-state index < -0.39 is 0 Å². The third-order valence-corrected chi connectivity index (χ3v) is 4.54. The van der Waals surface area contributed by atoms with Crippen molar-refractivity contribution in [3.63, 3.8) is 0 Å². The molecule has 0 aliphatic carbocycles. The molecule has 1 fully saturated rings. The summed E-state index contributed by atoms with van der Waals surface area (Å²) in [5, 5.41) is 8.07. The Morgan fingerprint density at radius 2 is 1.92 bits per heavy atom. The number of benzene rings is 1. The van der Waals surface area contributed by atoms with Crippen molar-refractivity contribution >= 4 is 23.0 Å². The van der Waals surface area contributed by atoms with Crippen molar-refractivity contribution in [1.82, 2.24) is 15.6 Å². The number of nitrogens with zero attached hydrogens (tertiary/aromatic N) is 2. The normalized spacial score (nSPS) is 18.1. The predicted molar refractivity (Wildman–Crippen MR) is 105 cm³/mol. The lowest BCUT2D eigenvalue weighted by Gasteiger charge is -2.26. The first-order valence-corrected chi connectivity index (χ1v) is 9.41. The number of thiocarbonyl (C=S) groups is 1. The highest BCUT2D eigenvalue weighted by molar-refractivity contribution is 7.80. The van der Waals surface area contributed by atoms with Crippen molar-refractivity contribution in [2.45, 2.75) is 13.3 Å². The molecule has 0 radical (unpaired) electrons. The van der Waals surface area contributed by atoms with E-state index >= 15 is 0 Å². The maximum Gasteiger partial charge on any atom is 0.187 e. The highest BCUT2D eigenvalue weighted by Crippen LogP contribution is 2.30. The molecular weight excluding hydrogens is 352 g/mol. The Morgan fingerprint density at radius 3 is 2.73 bits per heavy atom. The fourth-order valence-electron chi connectivity index (χ4n) is 2.78. The Labute approximate surface area is 159 Å². The van der Waals surface area contributed by atoms with Crippen LogP contribution in [-0.2, 0) is 4.74 Å². The summed E-state index contributed by atoms with van der Waals surface area (Å²) < 4.78 is 16.7. The van der Waals surface area contributed by atoms with Crippen molar-refractivity contribution in [3.05, 3.63) is 23.8 Å². The van der Waals surface area contributed by atoms with Crippen molar-refractivity contribution in [3.8, 4) is 11.5 Å². The molecule has 3 rings (SSSR count). The van der Waals surface area contributed by atoms with Crippen LogP contribution >= 0.6 is 12.2 Å². The molecule has 0 spiro atoms. The van der Waals surface area contributed by atoms with Crippen LogP contribution < -0.4 is 20.2 Å². The maximum atomic E-state index is 5.72. The second kappa shape index (κ2) is 9.70. The zero-order valence-electron chi connectivity index (χ0n) is 15.1. The molecule has 1 aromatic rings. The van der Waals surface area contributed by atoms with Crippen molar-refractivity contribution in [2.75, 3.05) is 52.6 Å². The van der Waals surface area contributed by atoms with Crippen LogP contribution in [0.1, 0.15) is 18.9 Å². The molecule has 0 amide bonds. The van der Waals surface area contributed by atoms with Gasteiger partial charge in [0.2, 0.25) is 0 Å². The third kappa shape index (κ3) is 5.55. The molecule has 2 aliphatic rings. The second-order valence-electron chi connectivity index (χ2n) is 6.23. The number of ether oxygens (including phenoxy) is 3. The largest absolute Gasteiger partial charge is 0.490 e. The van der Waals surface area contributed by atoms with Gasteiger partial charge in [0.1, 0.15) is 0 Å². The Hall–Kier alpha value is -1.90. The molecule has 2 heterocycles. The molecule has 2 N–H and O–H groups in total. The minimum absolute atomic E-state index is 0.520. The third-order valence-electron chi connectivity index (χ3n) is 4.31. The van der Waals surface area contributed by atoms with Gasteiger partial charge in [0, 0.05) is 38.2 Å². The van der Waals surface area contributed by atoms with Gasteiger partial charge in [-0.3, -0.25) is 10.3 Å². The topological polar surface area (TPSA) is 67.4 Å². The smallest absolute Gasteiger partial charge is 0.187 e. The van der Waals surface area contributed by atoms with Crippen LogP contribution in [0.25, 0.3) is 0 Å². The molecule has 26 heavy (non-hydrogen) atoms. The van der Waals surface area contributed by atoms with E-state index in [0.717, 1.165) is 68.6 Å². The van der Waals surface area contributed by atoms with Crippen LogP contribution in [0.2, 0.25) is 0 Å². The van der Waals surface area contributed by atoms with E-state index in [1.54, 1.807) is 0 Å². The molecule has 8 heteroatoms. The van der Waals surface area contributed by atoms with Gasteiger partial charge in [-0.25, -0.2) is 0 Å². The number of rotatable bonds is 5. The van der Waals surface area contributed by atoms with Gasteiger partial charge in [-0.1, -0.05) is 0 Å². The molecule has 1 aromatic carbocycles. The van der Waals surface area contributed by atoms with E-state index in [0.29, 0.717) is 18.3 Å². The predicted octanol–water partition coefficient (Wildman–Crippen LogP) is 1.37. The zero-order valence-corrected chi connectivity index (χ0v) is 15.9. The first kappa shape index (κ1) is 18.9. The Kier molecular flexibility index (Phi) is 7.04. The summed E-state index contributed by atoms with van der Waals surface area (Å²) in [4.78, 5) is 2.35. The van der Waals surface area contributed by atoms with Crippen molar-refractivity contribution in [2.24, 2.45) is 5.10 Å². The van der Waals surface area contributed by atoms with E-state index in [2.05, 4.69) is 20.7 Å². The van der Waals surface area contributed by atoms with Crippen LogP contribution in [0, 0.1) is 0 Å². The lowest BCUT2D eigenvalue weighted by molar-refractivity contribution is 0.0389. The van der Waals surface area contributed by atoms with Gasteiger partial charge in [0.05, 0.1) is 32.1 Å². The maximum absolute atomic E-state index is 5.72. The van der Waals surface area contributed by atoms with E-state index in [1.165, 1.54) is 0 Å². The van der Waals surface area contributed by atoms with Crippen LogP contribution in [0.5, 0.6) is 11.5 Å². The highest BCUT2D eigenvalue weighted by Gasteiger charge is 2.12. The minimum atomic E-state index is 0.520. The van der Waals surface area contributed by atoms with Gasteiger partial charge in [-0.2, -0.15) is 5.10 Å². The number of hydrogen-bond donors (Lipinski definition) is 2. The van der Waals surface area contributed by atoms with Gasteiger partial charge in [-0.05, 0) is 37.3 Å². The summed E-state index contributed by atoms with van der Waals surface area (Å²) in [6.07, 6.45) is 0.892. The fourth-order valence-corrected chi connectivity index (χ4v) is 2.93. The summed E-state index contributed by atoms with van der Waals surface area (Å²) in [6.45, 7) is 8.58. The van der Waals surface area contributed by atoms with Crippen molar-refractivity contribution < 1.29 is 14.2 Å². The average Bonchev–Trinajstić information content (AvgIpc) is 2.91. The average molecular weight is 378 g/mol. The number of hydrogen-bond acceptors (Lipinski definition) is 6. The molecular formula is C18H26N4O3S. The molecule has 0 aromatic heterocycles. The van der Waals surface area contributed by atoms with E-state index in [1.807, 2.05) is 25.1 Å². The van der Waals surface area contributed by atoms with Gasteiger partial charge in [0.25, 0.3) is 0 Å². The van der Waals surface area contributed by atoms with Gasteiger partial charge < -0.3 is 19.5 Å². The SMILES string of the molecule is C/C(=N/NC(=S)NCCN1CCOCC1)c1ccc2c(c1)OCCCO2. The standard InChI is InChI=1S/C18H26N4O3S/c1-14(15-3-4-16-17(13-15)25-10-2-9-24-16)20-21-18(26)19-5-6-22-7-11-23-12-8-22/h3-4,13H,2,5-12H2,1H3,(H2,19,21,26)/b20-14-. The fraction of sp³-hybridized carbons (Fsp3) is 0.556. The minimum Gasteiger partial charge on any atom is -0.490 e. The molecule has 0 bridgehead atoms. The number of hydrazone groups is 1. The van der Waals surface area contributed by atoms with Gasteiger partial charge in [0.15, 0.2) is 16.6 Å². The summed E-state index contributed by atoms with van der Waals surface area (Å²) in [5.74, 6) is 1.55. The zero-order chi connectivity index (χ0) is 18.2. The van der Waals surface area contributed by atoms with Gasteiger partial charge in [-0.15, -0.1) is 0 Å². The first-order valence-electron chi connectivity index (χ1n) is 9.00. The lowest BCUT2D eigenvalue weighted by Crippen LogP contribution is -2.42. The molecule has 0 saturated carbocycles. The Bertz CT molecular complexity index is 647. The molecule has 142 valence electrons. The quantitative estimate of drug-likeness (QED) is 0.456. The van der Waals surface area contributed by atoms with E-state index in [-0.39, 0.29) is 0 Å². The Morgan fingerprint density at radius 1 is 1.15 bits per heavy atom. The number of morpholine rings is 1. The van der Waals surface area contributed by atoms with Gasteiger partial charge >= 0.3 is 0 Å². The molecule has 7 nitrogen and oxygen atoms in total. The van der Waals surface area contributed by atoms with Crippen LogP contribution in [0.3, 0.4) is 0 Å². The highest BCUT2D eigenvalue weighted by atomic mass is 32.1. The number of nitrogens with one attached hydrogen (secondary N) is 2. The lowest BCUT2D eigenvalue weighted by atomic mass is 10.1. The summed E-state index contributed by atoms with van der Waals surface area (Å²) in [7, 11) is 0. The number of fused-ring (bicyclic) bond motifs is 1. The summed E-state index contributed by atoms with van der Waals surface area (Å²) in [5.41, 5.74) is 4.71. The van der Waals surface area contributed by atoms with E-state index in [9.17, 15) is 0 Å². The van der Waals surface area contributed by atoms with Crippen molar-refractivity contribution in [1.29, 1.82) is 0 Å². The van der Waals surface area contributed by atoms with E-state index in [4.69, 9.17) is 26.4 Å². The summed E-state index contributed by atoms with van der Waals surface area (Å²) in [6, 6.07) is 5.85. The summed E-state index contributed by atoms with van der Waals surface area (Å²) >= 11 is 5.29. The molecule has 2 aliphatic heterocycles. The molecule has 0 unspecified atom stereocenters.